The maximum Gasteiger partial charge on any atom is 0.344 e. The van der Waals surface area contributed by atoms with Crippen molar-refractivity contribution in [3.05, 3.63) is 139 Å². The largest absolute Gasteiger partial charge is 0.507 e. The summed E-state index contributed by atoms with van der Waals surface area (Å²) in [5.41, 5.74) is 13.6. The Bertz CT molecular complexity index is 3730. The van der Waals surface area contributed by atoms with Gasteiger partial charge >= 0.3 is 11.9 Å². The Morgan fingerprint density at radius 1 is 0.409 bits per heavy atom. The van der Waals surface area contributed by atoms with Gasteiger partial charge in [-0.15, -0.1) is 0 Å². The van der Waals surface area contributed by atoms with Crippen LogP contribution < -0.4 is 9.47 Å². The molecule has 9 aliphatic rings. The second-order valence-corrected chi connectivity index (χ2v) is 44.1. The number of phenols is 2. The van der Waals surface area contributed by atoms with Crippen molar-refractivity contribution in [2.45, 2.75) is 353 Å². The topological polar surface area (TPSA) is 112 Å². The number of esters is 2. The molecule has 604 valence electrons. The maximum atomic E-state index is 14.7. The molecule has 16 atom stereocenters. The van der Waals surface area contributed by atoms with E-state index in [-0.39, 0.29) is 81.3 Å². The average Bonchev–Trinajstić information content (AvgIpc) is 1.43. The van der Waals surface area contributed by atoms with Crippen LogP contribution in [0.1, 0.15) is 360 Å². The fraction of sp³-hybridized carbons (Fsp3) is 0.706. The van der Waals surface area contributed by atoms with Gasteiger partial charge in [0.1, 0.15) is 35.2 Å². The molecule has 4 aromatic carbocycles. The molecule has 13 rings (SSSR count). The second-order valence-electron chi connectivity index (χ2n) is 44.1. The normalized spacial score (nSPS) is 30.7. The van der Waals surface area contributed by atoms with E-state index in [2.05, 4.69) is 213 Å². The third-order valence-corrected chi connectivity index (χ3v) is 31.8. The van der Waals surface area contributed by atoms with Gasteiger partial charge in [-0.25, -0.2) is 9.59 Å². The van der Waals surface area contributed by atoms with Crippen LogP contribution in [-0.4, -0.2) is 47.6 Å². The lowest BCUT2D eigenvalue weighted by atomic mass is 9.47. The zero-order valence-electron chi connectivity index (χ0n) is 73.0. The van der Waals surface area contributed by atoms with E-state index in [0.29, 0.717) is 59.8 Å². The zero-order chi connectivity index (χ0) is 79.3. The lowest BCUT2D eigenvalue weighted by molar-refractivity contribution is -0.154. The van der Waals surface area contributed by atoms with Crippen LogP contribution in [-0.2, 0) is 66.4 Å². The van der Waals surface area contributed by atoms with Gasteiger partial charge in [-0.3, -0.25) is 0 Å². The van der Waals surface area contributed by atoms with Gasteiger partial charge in [0, 0.05) is 38.5 Å². The first-order valence-electron chi connectivity index (χ1n) is 44.6. The summed E-state index contributed by atoms with van der Waals surface area (Å²) in [6.07, 6.45) is 32.5. The molecule has 9 aliphatic carbocycles. The molecular weight excluding hydrogens is 1350 g/mol. The van der Waals surface area contributed by atoms with Gasteiger partial charge < -0.3 is 29.2 Å². The molecular formula is C102H148O8. The van der Waals surface area contributed by atoms with E-state index in [1.54, 1.807) is 0 Å². The highest BCUT2D eigenvalue weighted by molar-refractivity contribution is 5.73. The number of fused-ring (bicyclic) bond motifs is 18. The van der Waals surface area contributed by atoms with Crippen molar-refractivity contribution in [1.29, 1.82) is 0 Å². The Hall–Kier alpha value is -5.50. The highest BCUT2D eigenvalue weighted by atomic mass is 16.6. The Labute approximate surface area is 667 Å². The van der Waals surface area contributed by atoms with E-state index >= 15 is 0 Å². The number of hydrogen-bond donors (Lipinski definition) is 2. The van der Waals surface area contributed by atoms with E-state index in [1.165, 1.54) is 101 Å². The van der Waals surface area contributed by atoms with E-state index < -0.39 is 0 Å². The number of ether oxygens (including phenoxy) is 4. The van der Waals surface area contributed by atoms with Crippen molar-refractivity contribution in [3.8, 4) is 23.0 Å². The van der Waals surface area contributed by atoms with E-state index in [0.717, 1.165) is 177 Å². The first-order chi connectivity index (χ1) is 51.5. The smallest absolute Gasteiger partial charge is 0.344 e. The summed E-state index contributed by atoms with van der Waals surface area (Å²) < 4.78 is 27.3. The van der Waals surface area contributed by atoms with Crippen LogP contribution >= 0.6 is 0 Å². The van der Waals surface area contributed by atoms with Gasteiger partial charge in [0.05, 0.1) is 0 Å². The predicted octanol–water partition coefficient (Wildman–Crippen LogP) is 25.6. The Morgan fingerprint density at radius 3 is 1.02 bits per heavy atom. The minimum Gasteiger partial charge on any atom is -0.507 e. The molecule has 0 aromatic heterocycles. The minimum absolute atomic E-state index is 0.123. The summed E-state index contributed by atoms with van der Waals surface area (Å²) in [7, 11) is 0. The summed E-state index contributed by atoms with van der Waals surface area (Å²) >= 11 is 0. The number of rotatable bonds is 18. The highest BCUT2D eigenvalue weighted by Gasteiger charge is 2.61. The van der Waals surface area contributed by atoms with E-state index in [9.17, 15) is 19.8 Å². The molecule has 0 saturated heterocycles. The van der Waals surface area contributed by atoms with Crippen LogP contribution in [0.3, 0.4) is 0 Å². The summed E-state index contributed by atoms with van der Waals surface area (Å²) in [6.45, 7) is 51.3. The molecule has 0 amide bonds. The fourth-order valence-electron chi connectivity index (χ4n) is 25.2. The molecule has 0 spiro atoms. The molecule has 0 unspecified atom stereocenters. The molecule has 6 fully saturated rings. The van der Waals surface area contributed by atoms with Crippen LogP contribution in [0.2, 0.25) is 0 Å². The fourth-order valence-corrected chi connectivity index (χ4v) is 25.2. The van der Waals surface area contributed by atoms with Crippen molar-refractivity contribution in [2.75, 3.05) is 13.2 Å². The number of aromatic hydroxyl groups is 2. The molecule has 8 nitrogen and oxygen atoms in total. The molecule has 4 aromatic rings. The minimum atomic E-state index is -0.376. The van der Waals surface area contributed by atoms with Crippen molar-refractivity contribution >= 4 is 11.9 Å². The Morgan fingerprint density at radius 2 is 0.718 bits per heavy atom. The van der Waals surface area contributed by atoms with E-state index in [4.69, 9.17) is 18.9 Å². The first kappa shape index (κ1) is 82.5. The number of carbonyl (C=O) groups is 2. The highest BCUT2D eigenvalue weighted by Crippen LogP contribution is 2.70. The van der Waals surface area contributed by atoms with Crippen LogP contribution in [0.4, 0.5) is 0 Å². The molecule has 0 heterocycles. The number of hydrogen-bond acceptors (Lipinski definition) is 8. The maximum absolute atomic E-state index is 14.7. The summed E-state index contributed by atoms with van der Waals surface area (Å²) in [5.74, 6) is 9.93. The molecule has 110 heavy (non-hydrogen) atoms. The molecule has 6 saturated carbocycles. The van der Waals surface area contributed by atoms with E-state index in [1.807, 2.05) is 0 Å². The molecule has 0 radical (unpaired) electrons. The van der Waals surface area contributed by atoms with Crippen LogP contribution in [0.25, 0.3) is 0 Å². The summed E-state index contributed by atoms with van der Waals surface area (Å²) in [5, 5.41) is 26.4. The van der Waals surface area contributed by atoms with Crippen molar-refractivity contribution in [1.82, 2.24) is 0 Å². The Kier molecular flexibility index (Phi) is 23.4. The molecule has 2 N–H and O–H groups in total. The monoisotopic (exact) mass is 1500 g/mol. The average molecular weight is 1500 g/mol. The number of allylic oxidation sites excluding steroid dienone is 2. The Balaban J connectivity index is 0.780. The van der Waals surface area contributed by atoms with Gasteiger partial charge in [-0.2, -0.15) is 0 Å². The molecule has 0 aliphatic heterocycles. The van der Waals surface area contributed by atoms with Gasteiger partial charge in [0.2, 0.25) is 0 Å². The number of phenolic OH excluding ortho intramolecular Hbond substituents is 2. The second kappa shape index (κ2) is 31.3. The van der Waals surface area contributed by atoms with Crippen LogP contribution in [0.5, 0.6) is 23.0 Å². The zero-order valence-corrected chi connectivity index (χ0v) is 73.0. The predicted molar refractivity (Wildman–Crippen MR) is 452 cm³/mol. The van der Waals surface area contributed by atoms with Crippen molar-refractivity contribution in [2.24, 2.45) is 92.7 Å². The van der Waals surface area contributed by atoms with Gasteiger partial charge in [0.25, 0.3) is 0 Å². The van der Waals surface area contributed by atoms with Crippen LogP contribution in [0.15, 0.2) is 71.8 Å². The van der Waals surface area contributed by atoms with Crippen LogP contribution in [0, 0.1) is 92.7 Å². The number of benzene rings is 4. The SMILES string of the molecule is CC(C)CCC[C@@H](C)[C@H]1CC[C@H]2[C@@H]3CC=C4C[C@@H](OC(=O)COc5c6cc(C(C)(C)C)cc5Cc5cc(C(C)(C)C)cc(c5O)Cc5cc(C(C)(C)C)cc(c5OCC(=O)O[C@H]5CC[C@@]7(C)C(=CC[C@H]8[C@@H]9CC[C@H]([C@H](C)CCCC(C)C)[C@@]9(C)CC[C@@H]87)C5)Cc5cc(C(C)(C)C)cc(c5O)C6)CC[C@]4(C)[C@H]3CC[C@]12C. The summed E-state index contributed by atoms with van der Waals surface area (Å²) in [6, 6.07) is 17.5. The van der Waals surface area contributed by atoms with Crippen molar-refractivity contribution in [3.63, 3.8) is 0 Å². The third-order valence-electron chi connectivity index (χ3n) is 31.8. The van der Waals surface area contributed by atoms with Gasteiger partial charge in [-0.05, 0) is 271 Å². The number of carbonyl (C=O) groups excluding carboxylic acids is 2. The first-order valence-corrected chi connectivity index (χ1v) is 44.6. The van der Waals surface area contributed by atoms with Crippen molar-refractivity contribution < 1.29 is 38.7 Å². The lowest BCUT2D eigenvalue weighted by Gasteiger charge is -2.58. The molecule has 8 bridgehead atoms. The molecule has 8 heteroatoms. The van der Waals surface area contributed by atoms with Gasteiger partial charge in [0.15, 0.2) is 13.2 Å². The lowest BCUT2D eigenvalue weighted by Crippen LogP contribution is -2.51. The standard InChI is InChI=1S/C102H148O8/c1-61(2)25-23-27-63(5)83-33-35-85-81-31-29-73-57-79(37-41-99(73,19)87(81)39-43-101(83,85)21)109-89(103)59-107-93-69-45-65-49-75(95(7,8)9)51-67(91(65)105)47-71-55-78(98(16,17)18)56-72(48-68-52-76(96(10,11)12)50-66(92(68)106)46-70(93)54-77(53-69)97(13,14)15)94(71)108-60-90(104)110-80-38-42-100(20)74(58-80)30-32-82-86-36-34-84(64(6)28-24-26-62(3)4)102(86,22)44-40-88(82)100/h29-30,49-56,61-64,79-88,105-106H,23-28,31-48,57-60H2,1-22H3/t63-,64-,79+,80+,81+,82+,83-,84-,85+,86+,87+,88+,99+,100+,101-,102-/m1/s1. The summed E-state index contributed by atoms with van der Waals surface area (Å²) in [4.78, 5) is 29.5. The van der Waals surface area contributed by atoms with Gasteiger partial charge in [-0.1, -0.05) is 263 Å². The quantitative estimate of drug-likeness (QED) is 0.0659. The third kappa shape index (κ3) is 16.6.